The van der Waals surface area contributed by atoms with E-state index in [2.05, 4.69) is 55.8 Å². The van der Waals surface area contributed by atoms with Crippen LogP contribution < -0.4 is 10.2 Å². The van der Waals surface area contributed by atoms with Crippen molar-refractivity contribution < 1.29 is 0 Å². The zero-order chi connectivity index (χ0) is 15.1. The van der Waals surface area contributed by atoms with Crippen molar-refractivity contribution in [2.45, 2.75) is 40.2 Å². The van der Waals surface area contributed by atoms with Gasteiger partial charge in [0.05, 0.1) is 10.7 Å². The molecular formula is C17H27ClN2. The average molecular weight is 295 g/mol. The standard InChI is InChI=1S/C17H27ClN2/c1-6-10-19-14(5)15-8-9-17(16(18)11-15)20(7-2)12-13(3)4/h8-9,11,14,19H,3,6-7,10,12H2,1-2,4-5H3. The molecule has 0 fully saturated rings. The van der Waals surface area contributed by atoms with E-state index in [1.807, 2.05) is 6.92 Å². The van der Waals surface area contributed by atoms with Crippen molar-refractivity contribution in [3.8, 4) is 0 Å². The summed E-state index contributed by atoms with van der Waals surface area (Å²) in [4.78, 5) is 2.25. The normalized spacial score (nSPS) is 12.2. The first-order chi connectivity index (χ1) is 9.49. The highest BCUT2D eigenvalue weighted by Crippen LogP contribution is 2.29. The van der Waals surface area contributed by atoms with Gasteiger partial charge in [-0.2, -0.15) is 0 Å². The predicted molar refractivity (Wildman–Crippen MR) is 90.9 cm³/mol. The van der Waals surface area contributed by atoms with E-state index < -0.39 is 0 Å². The smallest absolute Gasteiger partial charge is 0.0643 e. The van der Waals surface area contributed by atoms with E-state index >= 15 is 0 Å². The van der Waals surface area contributed by atoms with Crippen molar-refractivity contribution >= 4 is 17.3 Å². The molecular weight excluding hydrogens is 268 g/mol. The SMILES string of the molecule is C=C(C)CN(CC)c1ccc(C(C)NCCC)cc1Cl. The fourth-order valence-corrected chi connectivity index (χ4v) is 2.53. The fourth-order valence-electron chi connectivity index (χ4n) is 2.22. The van der Waals surface area contributed by atoms with Gasteiger partial charge < -0.3 is 10.2 Å². The molecule has 0 spiro atoms. The molecule has 0 amide bonds. The topological polar surface area (TPSA) is 15.3 Å². The van der Waals surface area contributed by atoms with Crippen LogP contribution in [0.4, 0.5) is 5.69 Å². The van der Waals surface area contributed by atoms with Crippen LogP contribution in [0.5, 0.6) is 0 Å². The van der Waals surface area contributed by atoms with Crippen molar-refractivity contribution in [3.05, 3.63) is 40.9 Å². The third-order valence-corrected chi connectivity index (χ3v) is 3.66. The Labute approximate surface area is 128 Å². The zero-order valence-electron chi connectivity index (χ0n) is 13.2. The molecule has 0 saturated carbocycles. The molecule has 1 atom stereocenters. The van der Waals surface area contributed by atoms with Crippen LogP contribution in [0, 0.1) is 0 Å². The van der Waals surface area contributed by atoms with Crippen LogP contribution in [0.3, 0.4) is 0 Å². The van der Waals surface area contributed by atoms with Gasteiger partial charge in [-0.25, -0.2) is 0 Å². The van der Waals surface area contributed by atoms with Gasteiger partial charge in [0.15, 0.2) is 0 Å². The minimum atomic E-state index is 0.331. The molecule has 1 rings (SSSR count). The third kappa shape index (κ3) is 4.84. The molecule has 0 aliphatic rings. The molecule has 0 aromatic heterocycles. The minimum absolute atomic E-state index is 0.331. The molecule has 0 aliphatic carbocycles. The first kappa shape index (κ1) is 17.1. The third-order valence-electron chi connectivity index (χ3n) is 3.36. The Morgan fingerprint density at radius 2 is 2.10 bits per heavy atom. The molecule has 0 saturated heterocycles. The van der Waals surface area contributed by atoms with E-state index in [-0.39, 0.29) is 0 Å². The van der Waals surface area contributed by atoms with Crippen LogP contribution in [-0.2, 0) is 0 Å². The number of hydrogen-bond donors (Lipinski definition) is 1. The molecule has 20 heavy (non-hydrogen) atoms. The molecule has 3 heteroatoms. The van der Waals surface area contributed by atoms with Gasteiger partial charge in [-0.3, -0.25) is 0 Å². The summed E-state index contributed by atoms with van der Waals surface area (Å²) >= 11 is 6.47. The molecule has 2 nitrogen and oxygen atoms in total. The van der Waals surface area contributed by atoms with Crippen molar-refractivity contribution in [2.24, 2.45) is 0 Å². The predicted octanol–water partition coefficient (Wildman–Crippen LogP) is 4.80. The maximum absolute atomic E-state index is 6.47. The number of benzene rings is 1. The second-order valence-electron chi connectivity index (χ2n) is 5.36. The minimum Gasteiger partial charge on any atom is -0.367 e. The lowest BCUT2D eigenvalue weighted by Gasteiger charge is -2.25. The van der Waals surface area contributed by atoms with Gasteiger partial charge in [-0.05, 0) is 51.4 Å². The lowest BCUT2D eigenvalue weighted by Crippen LogP contribution is -2.25. The molecule has 1 aromatic rings. The number of hydrogen-bond acceptors (Lipinski definition) is 2. The summed E-state index contributed by atoms with van der Waals surface area (Å²) in [7, 11) is 0. The Kier molecular flexibility index (Phi) is 7.11. The van der Waals surface area contributed by atoms with Crippen molar-refractivity contribution in [2.75, 3.05) is 24.5 Å². The molecule has 1 N–H and O–H groups in total. The van der Waals surface area contributed by atoms with Gasteiger partial charge >= 0.3 is 0 Å². The average Bonchev–Trinajstić information content (AvgIpc) is 2.42. The summed E-state index contributed by atoms with van der Waals surface area (Å²) in [5.41, 5.74) is 3.46. The first-order valence-electron chi connectivity index (χ1n) is 7.41. The summed E-state index contributed by atoms with van der Waals surface area (Å²) in [6, 6.07) is 6.69. The van der Waals surface area contributed by atoms with Crippen LogP contribution in [0.15, 0.2) is 30.4 Å². The molecule has 0 heterocycles. The van der Waals surface area contributed by atoms with Gasteiger partial charge in [0.2, 0.25) is 0 Å². The summed E-state index contributed by atoms with van der Waals surface area (Å²) in [5, 5.41) is 4.30. The number of nitrogens with zero attached hydrogens (tertiary/aromatic N) is 1. The van der Waals surface area contributed by atoms with Gasteiger partial charge in [0.1, 0.15) is 0 Å². The first-order valence-corrected chi connectivity index (χ1v) is 7.79. The summed E-state index contributed by atoms with van der Waals surface area (Å²) in [6.45, 7) is 15.3. The van der Waals surface area contributed by atoms with Gasteiger partial charge in [0, 0.05) is 19.1 Å². The zero-order valence-corrected chi connectivity index (χ0v) is 13.9. The van der Waals surface area contributed by atoms with Crippen LogP contribution in [0.25, 0.3) is 0 Å². The lowest BCUT2D eigenvalue weighted by atomic mass is 10.1. The van der Waals surface area contributed by atoms with Crippen molar-refractivity contribution in [1.29, 1.82) is 0 Å². The second kappa shape index (κ2) is 8.33. The highest BCUT2D eigenvalue weighted by Gasteiger charge is 2.12. The highest BCUT2D eigenvalue weighted by molar-refractivity contribution is 6.33. The van der Waals surface area contributed by atoms with E-state index in [1.165, 1.54) is 5.56 Å². The molecule has 1 unspecified atom stereocenters. The van der Waals surface area contributed by atoms with Gasteiger partial charge in [-0.15, -0.1) is 0 Å². The number of anilines is 1. The number of likely N-dealkylation sites (N-methyl/N-ethyl adjacent to an activating group) is 1. The Morgan fingerprint density at radius 1 is 1.40 bits per heavy atom. The summed E-state index contributed by atoms with van der Waals surface area (Å²) < 4.78 is 0. The summed E-state index contributed by atoms with van der Waals surface area (Å²) in [5.74, 6) is 0. The van der Waals surface area contributed by atoms with Gasteiger partial charge in [-0.1, -0.05) is 36.7 Å². The van der Waals surface area contributed by atoms with Crippen LogP contribution in [0.1, 0.15) is 45.7 Å². The van der Waals surface area contributed by atoms with Crippen LogP contribution in [-0.4, -0.2) is 19.6 Å². The Balaban J connectivity index is 2.88. The molecule has 1 aromatic carbocycles. The number of nitrogens with one attached hydrogen (secondary N) is 1. The number of halogens is 1. The van der Waals surface area contributed by atoms with E-state index in [4.69, 9.17) is 11.6 Å². The summed E-state index contributed by atoms with van der Waals surface area (Å²) in [6.07, 6.45) is 1.14. The van der Waals surface area contributed by atoms with E-state index in [1.54, 1.807) is 0 Å². The molecule has 0 aliphatic heterocycles. The molecule has 112 valence electrons. The number of rotatable bonds is 8. The maximum Gasteiger partial charge on any atom is 0.0643 e. The van der Waals surface area contributed by atoms with Crippen LogP contribution in [0.2, 0.25) is 5.02 Å². The van der Waals surface area contributed by atoms with E-state index in [0.29, 0.717) is 6.04 Å². The fraction of sp³-hybridized carbons (Fsp3) is 0.529. The van der Waals surface area contributed by atoms with Crippen molar-refractivity contribution in [3.63, 3.8) is 0 Å². The second-order valence-corrected chi connectivity index (χ2v) is 5.77. The van der Waals surface area contributed by atoms with Gasteiger partial charge in [0.25, 0.3) is 0 Å². The molecule has 0 bridgehead atoms. The van der Waals surface area contributed by atoms with Crippen molar-refractivity contribution in [1.82, 2.24) is 5.32 Å². The van der Waals surface area contributed by atoms with E-state index in [9.17, 15) is 0 Å². The Hall–Kier alpha value is -0.990. The van der Waals surface area contributed by atoms with E-state index in [0.717, 1.165) is 42.3 Å². The Bertz CT molecular complexity index is 443. The largest absolute Gasteiger partial charge is 0.367 e. The molecule has 0 radical (unpaired) electrons. The quantitative estimate of drug-likeness (QED) is 0.693. The monoisotopic (exact) mass is 294 g/mol. The highest BCUT2D eigenvalue weighted by atomic mass is 35.5. The Morgan fingerprint density at radius 3 is 2.60 bits per heavy atom. The van der Waals surface area contributed by atoms with Crippen LogP contribution >= 0.6 is 11.6 Å². The maximum atomic E-state index is 6.47. The lowest BCUT2D eigenvalue weighted by molar-refractivity contribution is 0.571.